The summed E-state index contributed by atoms with van der Waals surface area (Å²) in [5, 5.41) is 12.6. The Bertz CT molecular complexity index is 894. The molecule has 23 heavy (non-hydrogen) atoms. The quantitative estimate of drug-likeness (QED) is 0.785. The molecule has 0 aliphatic rings. The van der Waals surface area contributed by atoms with E-state index in [0.717, 1.165) is 15.4 Å². The topological polar surface area (TPSA) is 65.8 Å². The number of hydrogen-bond acceptors (Lipinski definition) is 4. The van der Waals surface area contributed by atoms with Crippen LogP contribution in [0.3, 0.4) is 0 Å². The number of carbonyl (C=O) groups is 1. The van der Waals surface area contributed by atoms with Crippen LogP contribution in [0.4, 0.5) is 5.69 Å². The summed E-state index contributed by atoms with van der Waals surface area (Å²) in [7, 11) is 0. The summed E-state index contributed by atoms with van der Waals surface area (Å²) >= 11 is 1.49. The van der Waals surface area contributed by atoms with Gasteiger partial charge in [-0.2, -0.15) is 5.26 Å². The summed E-state index contributed by atoms with van der Waals surface area (Å²) in [4.78, 5) is 17.8. The molecule has 0 atom stereocenters. The van der Waals surface area contributed by atoms with Gasteiger partial charge in [-0.25, -0.2) is 4.98 Å². The lowest BCUT2D eigenvalue weighted by atomic mass is 10.1. The van der Waals surface area contributed by atoms with Crippen molar-refractivity contribution >= 4 is 22.9 Å². The third-order valence-electron chi connectivity index (χ3n) is 3.23. The molecule has 4 nitrogen and oxygen atoms in total. The number of carbonyl (C=O) groups excluding carboxylic acids is 1. The van der Waals surface area contributed by atoms with Gasteiger partial charge in [0.05, 0.1) is 21.5 Å². The molecule has 5 heteroatoms. The molecular weight excluding hydrogens is 306 g/mol. The molecule has 0 bridgehead atoms. The van der Waals surface area contributed by atoms with Crippen LogP contribution in [0.2, 0.25) is 0 Å². The van der Waals surface area contributed by atoms with Crippen LogP contribution in [0, 0.1) is 18.3 Å². The van der Waals surface area contributed by atoms with E-state index in [4.69, 9.17) is 5.26 Å². The number of amides is 1. The van der Waals surface area contributed by atoms with Crippen LogP contribution in [-0.2, 0) is 0 Å². The highest BCUT2D eigenvalue weighted by atomic mass is 32.1. The summed E-state index contributed by atoms with van der Waals surface area (Å²) in [5.41, 5.74) is 2.45. The number of aromatic nitrogens is 1. The zero-order valence-corrected chi connectivity index (χ0v) is 13.2. The van der Waals surface area contributed by atoms with Crippen LogP contribution in [-0.4, -0.2) is 10.9 Å². The van der Waals surface area contributed by atoms with Gasteiger partial charge in [-0.05, 0) is 30.7 Å². The van der Waals surface area contributed by atoms with Gasteiger partial charge in [0.2, 0.25) is 0 Å². The average Bonchev–Trinajstić information content (AvgIpc) is 2.98. The normalized spacial score (nSPS) is 10.1. The van der Waals surface area contributed by atoms with Gasteiger partial charge in [-0.1, -0.05) is 36.4 Å². The van der Waals surface area contributed by atoms with Gasteiger partial charge in [0.1, 0.15) is 5.69 Å². The van der Waals surface area contributed by atoms with Crippen molar-refractivity contribution in [2.45, 2.75) is 6.92 Å². The molecule has 0 radical (unpaired) electrons. The number of rotatable bonds is 3. The SMILES string of the molecule is Cc1nc(C(=O)Nc2cccc(C#N)c2)c(-c2ccccc2)s1. The first-order chi connectivity index (χ1) is 11.2. The number of anilines is 1. The lowest BCUT2D eigenvalue weighted by Gasteiger charge is -2.05. The van der Waals surface area contributed by atoms with E-state index in [-0.39, 0.29) is 5.91 Å². The van der Waals surface area contributed by atoms with Crippen LogP contribution in [0.5, 0.6) is 0 Å². The van der Waals surface area contributed by atoms with Gasteiger partial charge < -0.3 is 5.32 Å². The average molecular weight is 319 g/mol. The van der Waals surface area contributed by atoms with Crippen molar-refractivity contribution in [1.82, 2.24) is 4.98 Å². The van der Waals surface area contributed by atoms with Gasteiger partial charge >= 0.3 is 0 Å². The standard InChI is InChI=1S/C18H13N3OS/c1-12-20-16(17(23-12)14-7-3-2-4-8-14)18(22)21-15-9-5-6-13(10-15)11-19/h2-10H,1H3,(H,21,22). The van der Waals surface area contributed by atoms with E-state index in [1.807, 2.05) is 37.3 Å². The van der Waals surface area contributed by atoms with Gasteiger partial charge in [-0.15, -0.1) is 11.3 Å². The highest BCUT2D eigenvalue weighted by Gasteiger charge is 2.18. The van der Waals surface area contributed by atoms with E-state index in [9.17, 15) is 4.79 Å². The fourth-order valence-corrected chi connectivity index (χ4v) is 3.14. The minimum atomic E-state index is -0.275. The zero-order chi connectivity index (χ0) is 16.2. The molecule has 0 spiro atoms. The highest BCUT2D eigenvalue weighted by Crippen LogP contribution is 2.30. The maximum absolute atomic E-state index is 12.6. The molecule has 1 aromatic heterocycles. The Morgan fingerprint density at radius 2 is 1.96 bits per heavy atom. The molecule has 3 rings (SSSR count). The first kappa shape index (κ1) is 14.9. The molecule has 0 aliphatic heterocycles. The summed E-state index contributed by atoms with van der Waals surface area (Å²) in [6, 6.07) is 18.6. The first-order valence-electron chi connectivity index (χ1n) is 7.02. The lowest BCUT2D eigenvalue weighted by Crippen LogP contribution is -2.13. The fraction of sp³-hybridized carbons (Fsp3) is 0.0556. The molecular formula is C18H13N3OS. The number of nitrogens with zero attached hydrogens (tertiary/aromatic N) is 2. The Balaban J connectivity index is 1.93. The van der Waals surface area contributed by atoms with Gasteiger partial charge in [-0.3, -0.25) is 4.79 Å². The van der Waals surface area contributed by atoms with Crippen LogP contribution in [0.25, 0.3) is 10.4 Å². The van der Waals surface area contributed by atoms with Crippen molar-refractivity contribution in [3.63, 3.8) is 0 Å². The molecule has 3 aromatic rings. The molecule has 0 fully saturated rings. The van der Waals surface area contributed by atoms with E-state index < -0.39 is 0 Å². The molecule has 2 aromatic carbocycles. The van der Waals surface area contributed by atoms with Crippen molar-refractivity contribution in [3.05, 3.63) is 70.9 Å². The zero-order valence-electron chi connectivity index (χ0n) is 12.4. The maximum atomic E-state index is 12.6. The third-order valence-corrected chi connectivity index (χ3v) is 4.25. The Hall–Kier alpha value is -2.97. The molecule has 0 aliphatic carbocycles. The number of nitrogens with one attached hydrogen (secondary N) is 1. The van der Waals surface area contributed by atoms with Gasteiger partial charge in [0, 0.05) is 5.69 Å². The predicted molar refractivity (Wildman–Crippen MR) is 91.4 cm³/mol. The van der Waals surface area contributed by atoms with E-state index >= 15 is 0 Å². The first-order valence-corrected chi connectivity index (χ1v) is 7.83. The summed E-state index contributed by atoms with van der Waals surface area (Å²) in [5.74, 6) is -0.275. The third kappa shape index (κ3) is 3.28. The molecule has 1 amide bonds. The second kappa shape index (κ2) is 6.42. The monoisotopic (exact) mass is 319 g/mol. The Morgan fingerprint density at radius 3 is 2.70 bits per heavy atom. The lowest BCUT2D eigenvalue weighted by molar-refractivity contribution is 0.102. The van der Waals surface area contributed by atoms with Crippen molar-refractivity contribution in [3.8, 4) is 16.5 Å². The minimum absolute atomic E-state index is 0.275. The minimum Gasteiger partial charge on any atom is -0.321 e. The smallest absolute Gasteiger partial charge is 0.275 e. The van der Waals surface area contributed by atoms with Crippen LogP contribution < -0.4 is 5.32 Å². The van der Waals surface area contributed by atoms with E-state index in [2.05, 4.69) is 16.4 Å². The summed E-state index contributed by atoms with van der Waals surface area (Å²) in [6.45, 7) is 1.88. The Morgan fingerprint density at radius 1 is 1.17 bits per heavy atom. The number of aryl methyl sites for hydroxylation is 1. The second-order valence-electron chi connectivity index (χ2n) is 4.92. The number of benzene rings is 2. The Labute approximate surface area is 138 Å². The van der Waals surface area contributed by atoms with Crippen LogP contribution in [0.1, 0.15) is 21.1 Å². The van der Waals surface area contributed by atoms with E-state index in [1.54, 1.807) is 24.3 Å². The molecule has 112 valence electrons. The number of hydrogen-bond donors (Lipinski definition) is 1. The molecule has 1 N–H and O–H groups in total. The maximum Gasteiger partial charge on any atom is 0.275 e. The molecule has 0 saturated heterocycles. The summed E-state index contributed by atoms with van der Waals surface area (Å²) in [6.07, 6.45) is 0. The van der Waals surface area contributed by atoms with E-state index in [1.165, 1.54) is 11.3 Å². The number of thiazole rings is 1. The molecule has 1 heterocycles. The van der Waals surface area contributed by atoms with Crippen LogP contribution >= 0.6 is 11.3 Å². The largest absolute Gasteiger partial charge is 0.321 e. The van der Waals surface area contributed by atoms with Crippen molar-refractivity contribution < 1.29 is 4.79 Å². The summed E-state index contributed by atoms with van der Waals surface area (Å²) < 4.78 is 0. The van der Waals surface area contributed by atoms with E-state index in [0.29, 0.717) is 16.9 Å². The second-order valence-corrected chi connectivity index (χ2v) is 6.13. The number of nitriles is 1. The fourth-order valence-electron chi connectivity index (χ4n) is 2.22. The van der Waals surface area contributed by atoms with Gasteiger partial charge in [0.15, 0.2) is 0 Å². The van der Waals surface area contributed by atoms with Gasteiger partial charge in [0.25, 0.3) is 5.91 Å². The van der Waals surface area contributed by atoms with Crippen molar-refractivity contribution in [2.75, 3.05) is 5.32 Å². The molecule has 0 saturated carbocycles. The van der Waals surface area contributed by atoms with Crippen molar-refractivity contribution in [1.29, 1.82) is 5.26 Å². The molecule has 0 unspecified atom stereocenters. The van der Waals surface area contributed by atoms with Crippen LogP contribution in [0.15, 0.2) is 54.6 Å². The highest BCUT2D eigenvalue weighted by molar-refractivity contribution is 7.15. The predicted octanol–water partition coefficient (Wildman–Crippen LogP) is 4.24. The Kier molecular flexibility index (Phi) is 4.18. The van der Waals surface area contributed by atoms with Crippen molar-refractivity contribution in [2.24, 2.45) is 0 Å².